The summed E-state index contributed by atoms with van der Waals surface area (Å²) in [6.45, 7) is 6.44. The van der Waals surface area contributed by atoms with Crippen LogP contribution in [-0.2, 0) is 4.84 Å². The Morgan fingerprint density at radius 2 is 1.74 bits per heavy atom. The molecule has 27 heavy (non-hydrogen) atoms. The van der Waals surface area contributed by atoms with Crippen LogP contribution in [0.25, 0.3) is 0 Å². The third kappa shape index (κ3) is 4.45. The fourth-order valence-corrected chi connectivity index (χ4v) is 2.74. The van der Waals surface area contributed by atoms with Crippen molar-refractivity contribution in [2.45, 2.75) is 33.6 Å². The van der Waals surface area contributed by atoms with E-state index in [9.17, 15) is 9.59 Å². The van der Waals surface area contributed by atoms with Gasteiger partial charge in [0.25, 0.3) is 0 Å². The number of methoxy groups -OCH3 is 2. The molecule has 1 aliphatic rings. The second kappa shape index (κ2) is 9.16. The first kappa shape index (κ1) is 20.4. The Balaban J connectivity index is 2.71. The van der Waals surface area contributed by atoms with Crippen LogP contribution in [0.4, 0.5) is 0 Å². The summed E-state index contributed by atoms with van der Waals surface area (Å²) in [6, 6.07) is 1.68. The number of nitrogens with zero attached hydrogens (tertiary/aromatic N) is 1. The van der Waals surface area contributed by atoms with Gasteiger partial charge >= 0.3 is 0 Å². The largest absolute Gasteiger partial charge is 0.496 e. The average molecular weight is 371 g/mol. The highest BCUT2D eigenvalue weighted by atomic mass is 16.6. The van der Waals surface area contributed by atoms with Gasteiger partial charge < -0.3 is 14.3 Å². The molecule has 0 aromatic heterocycles. The number of oxime groups is 1. The standard InChI is InChI=1S/C21H25NO5/c1-6-11-27-22-15(8-7-13(2)3)14-12-18(25-4)19-16(23)9-10-17(24)20(19)21(14)26-5/h7,9-10,12H,6,8,11H2,1-5H3. The van der Waals surface area contributed by atoms with Crippen molar-refractivity contribution in [3.63, 3.8) is 0 Å². The van der Waals surface area contributed by atoms with Crippen molar-refractivity contribution in [3.05, 3.63) is 46.6 Å². The van der Waals surface area contributed by atoms with Gasteiger partial charge in [-0.2, -0.15) is 0 Å². The van der Waals surface area contributed by atoms with E-state index in [4.69, 9.17) is 14.3 Å². The van der Waals surface area contributed by atoms with Crippen molar-refractivity contribution in [2.24, 2.45) is 5.16 Å². The number of hydrogen-bond acceptors (Lipinski definition) is 6. The minimum atomic E-state index is -0.308. The van der Waals surface area contributed by atoms with E-state index in [1.54, 1.807) is 6.07 Å². The predicted octanol–water partition coefficient (Wildman–Crippen LogP) is 4.13. The molecule has 0 aliphatic heterocycles. The lowest BCUT2D eigenvalue weighted by molar-refractivity contribution is 0.0989. The molecule has 0 saturated carbocycles. The summed E-state index contributed by atoms with van der Waals surface area (Å²) in [5.74, 6) is 0.00681. The summed E-state index contributed by atoms with van der Waals surface area (Å²) in [7, 11) is 2.93. The molecule has 0 N–H and O–H groups in total. The molecule has 0 bridgehead atoms. The molecule has 1 aromatic carbocycles. The van der Waals surface area contributed by atoms with Crippen LogP contribution in [0, 0.1) is 0 Å². The number of ketones is 2. The summed E-state index contributed by atoms with van der Waals surface area (Å²) in [5.41, 5.74) is 2.69. The highest BCUT2D eigenvalue weighted by Gasteiger charge is 2.31. The summed E-state index contributed by atoms with van der Waals surface area (Å²) in [5, 5.41) is 4.25. The van der Waals surface area contributed by atoms with Gasteiger partial charge in [0, 0.05) is 12.0 Å². The summed E-state index contributed by atoms with van der Waals surface area (Å²) >= 11 is 0. The molecule has 0 amide bonds. The maximum atomic E-state index is 12.5. The SMILES string of the molecule is CCCON=C(CC=C(C)C)c1cc(OC)c2c(c1OC)C(=O)C=CC2=O. The Bertz CT molecular complexity index is 829. The number of fused-ring (bicyclic) bond motifs is 1. The zero-order valence-corrected chi connectivity index (χ0v) is 16.4. The number of hydrogen-bond donors (Lipinski definition) is 0. The van der Waals surface area contributed by atoms with Gasteiger partial charge in [-0.3, -0.25) is 9.59 Å². The molecule has 6 nitrogen and oxygen atoms in total. The number of benzene rings is 1. The van der Waals surface area contributed by atoms with Gasteiger partial charge in [-0.15, -0.1) is 0 Å². The molecule has 0 atom stereocenters. The van der Waals surface area contributed by atoms with Gasteiger partial charge in [0.2, 0.25) is 0 Å². The van der Waals surface area contributed by atoms with Crippen LogP contribution in [0.5, 0.6) is 11.5 Å². The van der Waals surface area contributed by atoms with E-state index >= 15 is 0 Å². The molecule has 0 fully saturated rings. The normalized spacial score (nSPS) is 13.3. The lowest BCUT2D eigenvalue weighted by atomic mass is 9.89. The van der Waals surface area contributed by atoms with Crippen LogP contribution in [0.3, 0.4) is 0 Å². The first-order valence-electron chi connectivity index (χ1n) is 8.82. The third-order valence-corrected chi connectivity index (χ3v) is 4.03. The number of carbonyl (C=O) groups is 2. The highest BCUT2D eigenvalue weighted by molar-refractivity contribution is 6.25. The van der Waals surface area contributed by atoms with Gasteiger partial charge in [0.05, 0.1) is 31.1 Å². The van der Waals surface area contributed by atoms with E-state index in [1.165, 1.54) is 26.4 Å². The summed E-state index contributed by atoms with van der Waals surface area (Å²) in [6.07, 6.45) is 5.81. The van der Waals surface area contributed by atoms with Gasteiger partial charge in [0.1, 0.15) is 18.1 Å². The van der Waals surface area contributed by atoms with E-state index in [1.807, 2.05) is 26.8 Å². The monoisotopic (exact) mass is 371 g/mol. The summed E-state index contributed by atoms with van der Waals surface area (Å²) < 4.78 is 10.9. The van der Waals surface area contributed by atoms with Crippen molar-refractivity contribution >= 4 is 17.3 Å². The minimum absolute atomic E-state index is 0.194. The molecule has 1 aromatic rings. The molecule has 0 saturated heterocycles. The topological polar surface area (TPSA) is 74.2 Å². The quantitative estimate of drug-likeness (QED) is 0.297. The van der Waals surface area contributed by atoms with Crippen molar-refractivity contribution in [1.82, 2.24) is 0 Å². The van der Waals surface area contributed by atoms with Gasteiger partial charge in [-0.05, 0) is 38.5 Å². The number of rotatable bonds is 8. The first-order chi connectivity index (χ1) is 12.9. The maximum Gasteiger partial charge on any atom is 0.190 e. The Morgan fingerprint density at radius 3 is 2.30 bits per heavy atom. The van der Waals surface area contributed by atoms with Crippen molar-refractivity contribution < 1.29 is 23.9 Å². The first-order valence-corrected chi connectivity index (χ1v) is 8.82. The lowest BCUT2D eigenvalue weighted by Gasteiger charge is -2.20. The van der Waals surface area contributed by atoms with Crippen LogP contribution in [0.2, 0.25) is 0 Å². The maximum absolute atomic E-state index is 12.5. The number of ether oxygens (including phenoxy) is 2. The van der Waals surface area contributed by atoms with Gasteiger partial charge in [-0.25, -0.2) is 0 Å². The second-order valence-electron chi connectivity index (χ2n) is 6.33. The molecular formula is C21H25NO5. The van der Waals surface area contributed by atoms with E-state index in [-0.39, 0.29) is 22.7 Å². The van der Waals surface area contributed by atoms with Crippen LogP contribution in [0.15, 0.2) is 35.0 Å². The fraction of sp³-hybridized carbons (Fsp3) is 0.381. The second-order valence-corrected chi connectivity index (χ2v) is 6.33. The van der Waals surface area contributed by atoms with Crippen molar-refractivity contribution in [3.8, 4) is 11.5 Å². The average Bonchev–Trinajstić information content (AvgIpc) is 2.65. The molecular weight excluding hydrogens is 346 g/mol. The summed E-state index contributed by atoms with van der Waals surface area (Å²) in [4.78, 5) is 30.3. The number of carbonyl (C=O) groups excluding carboxylic acids is 2. The molecule has 6 heteroatoms. The van der Waals surface area contributed by atoms with E-state index in [0.717, 1.165) is 12.0 Å². The van der Waals surface area contributed by atoms with Crippen molar-refractivity contribution in [1.29, 1.82) is 0 Å². The Morgan fingerprint density at radius 1 is 1.07 bits per heavy atom. The third-order valence-electron chi connectivity index (χ3n) is 4.03. The zero-order valence-electron chi connectivity index (χ0n) is 16.4. The van der Waals surface area contributed by atoms with Crippen LogP contribution in [-0.4, -0.2) is 38.1 Å². The van der Waals surface area contributed by atoms with E-state index < -0.39 is 0 Å². The Hall–Kier alpha value is -2.89. The van der Waals surface area contributed by atoms with E-state index in [0.29, 0.717) is 35.8 Å². The van der Waals surface area contributed by atoms with Gasteiger partial charge in [0.15, 0.2) is 11.6 Å². The molecule has 2 rings (SSSR count). The molecule has 0 spiro atoms. The predicted molar refractivity (Wildman–Crippen MR) is 104 cm³/mol. The Kier molecular flexibility index (Phi) is 6.93. The van der Waals surface area contributed by atoms with Gasteiger partial charge in [-0.1, -0.05) is 23.7 Å². The molecule has 0 unspecified atom stereocenters. The van der Waals surface area contributed by atoms with Crippen molar-refractivity contribution in [2.75, 3.05) is 20.8 Å². The zero-order chi connectivity index (χ0) is 20.0. The molecule has 144 valence electrons. The van der Waals surface area contributed by atoms with Crippen LogP contribution < -0.4 is 9.47 Å². The van der Waals surface area contributed by atoms with E-state index in [2.05, 4.69) is 5.16 Å². The van der Waals surface area contributed by atoms with Crippen LogP contribution >= 0.6 is 0 Å². The lowest BCUT2D eigenvalue weighted by Crippen LogP contribution is -2.18. The number of allylic oxidation sites excluding steroid dienone is 4. The smallest absolute Gasteiger partial charge is 0.190 e. The molecule has 0 radical (unpaired) electrons. The van der Waals surface area contributed by atoms with Crippen LogP contribution in [0.1, 0.15) is 59.9 Å². The highest BCUT2D eigenvalue weighted by Crippen LogP contribution is 2.38. The molecule has 0 heterocycles. The Labute approximate surface area is 159 Å². The molecule has 1 aliphatic carbocycles. The minimum Gasteiger partial charge on any atom is -0.496 e. The fourth-order valence-electron chi connectivity index (χ4n) is 2.74.